The van der Waals surface area contributed by atoms with Crippen LogP contribution in [0.2, 0.25) is 0 Å². The first-order valence-electron chi connectivity index (χ1n) is 9.71. The molecule has 0 spiro atoms. The molecule has 2 aromatic rings. The minimum atomic E-state index is -0.460. The number of pyridine rings is 1. The molecule has 0 N–H and O–H groups in total. The zero-order valence-corrected chi connectivity index (χ0v) is 15.1. The van der Waals surface area contributed by atoms with Crippen LogP contribution in [0.1, 0.15) is 36.8 Å². The third-order valence-corrected chi connectivity index (χ3v) is 6.06. The lowest BCUT2D eigenvalue weighted by Crippen LogP contribution is -2.51. The molecule has 3 aliphatic rings. The van der Waals surface area contributed by atoms with Gasteiger partial charge >= 0.3 is 6.03 Å². The van der Waals surface area contributed by atoms with E-state index in [0.717, 1.165) is 49.9 Å². The number of anilines is 1. The highest BCUT2D eigenvalue weighted by molar-refractivity contribution is 5.94. The van der Waals surface area contributed by atoms with Gasteiger partial charge in [0.05, 0.1) is 6.04 Å². The Bertz CT molecular complexity index is 908. The number of hydrogen-bond donors (Lipinski definition) is 0. The van der Waals surface area contributed by atoms with Crippen molar-refractivity contribution in [3.05, 3.63) is 65.7 Å². The second kappa shape index (κ2) is 6.48. The zero-order valence-electron chi connectivity index (χ0n) is 15.1. The highest BCUT2D eigenvalue weighted by Crippen LogP contribution is 2.40. The molecular formula is C22H22FN3O. The number of aryl methyl sites for hydroxylation is 1. The van der Waals surface area contributed by atoms with Crippen LogP contribution in [0.25, 0.3) is 5.57 Å². The summed E-state index contributed by atoms with van der Waals surface area (Å²) in [6, 6.07) is 11.9. The molecule has 4 heterocycles. The van der Waals surface area contributed by atoms with Crippen LogP contribution in [0, 0.1) is 5.95 Å². The van der Waals surface area contributed by atoms with E-state index in [1.807, 2.05) is 17.0 Å². The first kappa shape index (κ1) is 16.5. The first-order valence-corrected chi connectivity index (χ1v) is 9.71. The Morgan fingerprint density at radius 3 is 2.85 bits per heavy atom. The van der Waals surface area contributed by atoms with Crippen molar-refractivity contribution >= 4 is 17.3 Å². The van der Waals surface area contributed by atoms with E-state index in [9.17, 15) is 9.18 Å². The molecule has 5 rings (SSSR count). The number of amides is 2. The monoisotopic (exact) mass is 363 g/mol. The van der Waals surface area contributed by atoms with E-state index < -0.39 is 5.95 Å². The van der Waals surface area contributed by atoms with Gasteiger partial charge in [-0.15, -0.1) is 0 Å². The van der Waals surface area contributed by atoms with Crippen LogP contribution in [0.5, 0.6) is 0 Å². The number of nitrogens with zero attached hydrogens (tertiary/aromatic N) is 3. The molecular weight excluding hydrogens is 341 g/mol. The van der Waals surface area contributed by atoms with Gasteiger partial charge in [0.1, 0.15) is 0 Å². The van der Waals surface area contributed by atoms with Gasteiger partial charge in [0.15, 0.2) is 0 Å². The van der Waals surface area contributed by atoms with Crippen molar-refractivity contribution in [1.82, 2.24) is 9.88 Å². The molecule has 2 amide bonds. The zero-order chi connectivity index (χ0) is 18.4. The summed E-state index contributed by atoms with van der Waals surface area (Å²) in [6.45, 7) is 0.782. The molecule has 3 aliphatic heterocycles. The first-order chi connectivity index (χ1) is 13.2. The van der Waals surface area contributed by atoms with Gasteiger partial charge < -0.3 is 4.90 Å². The lowest BCUT2D eigenvalue weighted by atomic mass is 9.95. The molecule has 1 fully saturated rings. The molecule has 5 heteroatoms. The maximum Gasteiger partial charge on any atom is 0.325 e. The Kier molecular flexibility index (Phi) is 3.96. The smallest absolute Gasteiger partial charge is 0.315 e. The van der Waals surface area contributed by atoms with E-state index >= 15 is 0 Å². The molecule has 138 valence electrons. The molecule has 0 radical (unpaired) electrons. The van der Waals surface area contributed by atoms with Crippen LogP contribution in [0.4, 0.5) is 14.9 Å². The number of urea groups is 1. The summed E-state index contributed by atoms with van der Waals surface area (Å²) in [5.41, 5.74) is 4.46. The number of benzene rings is 1. The molecule has 2 atom stereocenters. The van der Waals surface area contributed by atoms with E-state index in [2.05, 4.69) is 28.1 Å². The molecule has 0 aliphatic carbocycles. The molecule has 4 nitrogen and oxygen atoms in total. The molecule has 1 saturated heterocycles. The topological polar surface area (TPSA) is 36.4 Å². The Morgan fingerprint density at radius 2 is 2.04 bits per heavy atom. The maximum atomic E-state index is 13.4. The molecule has 1 aromatic carbocycles. The van der Waals surface area contributed by atoms with Crippen molar-refractivity contribution in [2.24, 2.45) is 0 Å². The summed E-state index contributed by atoms with van der Waals surface area (Å²) in [7, 11) is 0. The van der Waals surface area contributed by atoms with Crippen molar-refractivity contribution in [3.63, 3.8) is 0 Å². The minimum Gasteiger partial charge on any atom is -0.315 e. The summed E-state index contributed by atoms with van der Waals surface area (Å²) < 4.78 is 13.1. The lowest BCUT2D eigenvalue weighted by Gasteiger charge is -2.39. The highest BCUT2D eigenvalue weighted by Gasteiger charge is 2.42. The van der Waals surface area contributed by atoms with Gasteiger partial charge in [-0.3, -0.25) is 4.90 Å². The van der Waals surface area contributed by atoms with Crippen molar-refractivity contribution < 1.29 is 9.18 Å². The molecule has 27 heavy (non-hydrogen) atoms. The predicted molar refractivity (Wildman–Crippen MR) is 103 cm³/mol. The van der Waals surface area contributed by atoms with E-state index in [1.54, 1.807) is 12.3 Å². The SMILES string of the molecule is O=C(N1CCCc2ccccc21)N1C2C=C(c3ccc(F)nc3)CC1CC2. The number of fused-ring (bicyclic) bond motifs is 3. The predicted octanol–water partition coefficient (Wildman–Crippen LogP) is 4.41. The van der Waals surface area contributed by atoms with Crippen LogP contribution in [-0.4, -0.2) is 34.5 Å². The number of carbonyl (C=O) groups excluding carboxylic acids is 1. The average Bonchev–Trinajstić information content (AvgIpc) is 2.97. The van der Waals surface area contributed by atoms with Gasteiger partial charge in [-0.05, 0) is 67.0 Å². The van der Waals surface area contributed by atoms with Crippen molar-refractivity contribution in [2.45, 2.75) is 44.2 Å². The number of hydrogen-bond acceptors (Lipinski definition) is 2. The third-order valence-electron chi connectivity index (χ3n) is 6.06. The van der Waals surface area contributed by atoms with Crippen molar-refractivity contribution in [1.29, 1.82) is 0 Å². The van der Waals surface area contributed by atoms with Crippen molar-refractivity contribution in [3.8, 4) is 0 Å². The largest absolute Gasteiger partial charge is 0.325 e. The van der Waals surface area contributed by atoms with Gasteiger partial charge in [0.2, 0.25) is 5.95 Å². The van der Waals surface area contributed by atoms with E-state index in [-0.39, 0.29) is 18.1 Å². The van der Waals surface area contributed by atoms with Crippen LogP contribution >= 0.6 is 0 Å². The molecule has 1 aromatic heterocycles. The van der Waals surface area contributed by atoms with Crippen LogP contribution in [0.3, 0.4) is 0 Å². The maximum absolute atomic E-state index is 13.4. The Labute approximate surface area is 158 Å². The fourth-order valence-electron chi connectivity index (χ4n) is 4.78. The number of halogens is 1. The second-order valence-corrected chi connectivity index (χ2v) is 7.64. The van der Waals surface area contributed by atoms with Crippen LogP contribution in [-0.2, 0) is 6.42 Å². The van der Waals surface area contributed by atoms with Crippen molar-refractivity contribution in [2.75, 3.05) is 11.4 Å². The molecule has 2 bridgehead atoms. The number of para-hydroxylation sites is 1. The van der Waals surface area contributed by atoms with Gasteiger partial charge in [-0.1, -0.05) is 24.3 Å². The lowest BCUT2D eigenvalue weighted by molar-refractivity contribution is 0.186. The number of aromatic nitrogens is 1. The Balaban J connectivity index is 1.43. The number of rotatable bonds is 1. The second-order valence-electron chi connectivity index (χ2n) is 7.64. The van der Waals surface area contributed by atoms with E-state index in [0.29, 0.717) is 0 Å². The number of carbonyl (C=O) groups is 1. The Hall–Kier alpha value is -2.69. The van der Waals surface area contributed by atoms with E-state index in [4.69, 9.17) is 0 Å². The fourth-order valence-corrected chi connectivity index (χ4v) is 4.78. The van der Waals surface area contributed by atoms with Gasteiger partial charge in [0.25, 0.3) is 0 Å². The van der Waals surface area contributed by atoms with Crippen LogP contribution in [0.15, 0.2) is 48.7 Å². The summed E-state index contributed by atoms with van der Waals surface area (Å²) >= 11 is 0. The van der Waals surface area contributed by atoms with Crippen LogP contribution < -0.4 is 4.90 Å². The normalized spacial score (nSPS) is 23.8. The third kappa shape index (κ3) is 2.82. The standard InChI is InChI=1S/C22H22FN3O/c23-21-10-7-16(14-24-21)17-12-18-8-9-19(13-17)26(18)22(27)25-11-3-5-15-4-1-2-6-20(15)25/h1-2,4,6-7,10,12,14,18-19H,3,5,8-9,11,13H2. The Morgan fingerprint density at radius 1 is 1.15 bits per heavy atom. The summed E-state index contributed by atoms with van der Waals surface area (Å²) in [6.07, 6.45) is 8.64. The minimum absolute atomic E-state index is 0.116. The molecule has 0 saturated carbocycles. The fraction of sp³-hybridized carbons (Fsp3) is 0.364. The summed E-state index contributed by atoms with van der Waals surface area (Å²) in [4.78, 5) is 21.2. The van der Waals surface area contributed by atoms with Gasteiger partial charge in [-0.2, -0.15) is 4.39 Å². The quantitative estimate of drug-likeness (QED) is 0.704. The summed E-state index contributed by atoms with van der Waals surface area (Å²) in [5.74, 6) is -0.460. The average molecular weight is 363 g/mol. The molecule has 2 unspecified atom stereocenters. The van der Waals surface area contributed by atoms with Gasteiger partial charge in [0, 0.05) is 24.5 Å². The summed E-state index contributed by atoms with van der Waals surface area (Å²) in [5, 5.41) is 0. The highest BCUT2D eigenvalue weighted by atomic mass is 19.1. The van der Waals surface area contributed by atoms with E-state index in [1.165, 1.54) is 17.2 Å². The van der Waals surface area contributed by atoms with Gasteiger partial charge in [-0.25, -0.2) is 9.78 Å².